The summed E-state index contributed by atoms with van der Waals surface area (Å²) in [5, 5.41) is 36.1. The number of phenols is 1. The van der Waals surface area contributed by atoms with Crippen LogP contribution in [-0.4, -0.2) is 75.8 Å². The van der Waals surface area contributed by atoms with Crippen molar-refractivity contribution in [2.75, 3.05) is 6.54 Å². The number of carboxylic acid groups (broad SMARTS) is 1. The van der Waals surface area contributed by atoms with E-state index in [1.165, 1.54) is 38.1 Å². The Kier molecular flexibility index (Phi) is 12.0. The third kappa shape index (κ3) is 9.73. The standard InChI is InChI=1S/C22H35N5O7/c1-12(24)19(30)27-18(13(2)28)21(32)25-16(5-3-4-10-23)20(31)26-17(22(33)34)11-14-6-8-15(29)9-7-14/h6-9,12-13,16-18,28-29H,3-5,10-11,23-24H2,1-2H3,(H,25,32)(H,26,31)(H,27,30)(H,33,34). The van der Waals surface area contributed by atoms with Crippen LogP contribution in [0, 0.1) is 0 Å². The smallest absolute Gasteiger partial charge is 0.326 e. The van der Waals surface area contributed by atoms with Gasteiger partial charge in [-0.1, -0.05) is 12.1 Å². The molecule has 0 saturated carbocycles. The van der Waals surface area contributed by atoms with E-state index in [-0.39, 0.29) is 18.6 Å². The Morgan fingerprint density at radius 3 is 2.00 bits per heavy atom. The van der Waals surface area contributed by atoms with Gasteiger partial charge >= 0.3 is 5.97 Å². The van der Waals surface area contributed by atoms with Crippen molar-refractivity contribution in [3.05, 3.63) is 29.8 Å². The molecule has 12 nitrogen and oxygen atoms in total. The highest BCUT2D eigenvalue weighted by molar-refractivity contribution is 5.94. The second-order valence-electron chi connectivity index (χ2n) is 8.13. The Bertz CT molecular complexity index is 829. The second-order valence-corrected chi connectivity index (χ2v) is 8.13. The predicted molar refractivity (Wildman–Crippen MR) is 123 cm³/mol. The van der Waals surface area contributed by atoms with Crippen molar-refractivity contribution >= 4 is 23.7 Å². The first-order valence-electron chi connectivity index (χ1n) is 11.0. The van der Waals surface area contributed by atoms with Crippen LogP contribution in [0.15, 0.2) is 24.3 Å². The number of carbonyl (C=O) groups excluding carboxylic acids is 3. The van der Waals surface area contributed by atoms with E-state index in [0.29, 0.717) is 24.9 Å². The summed E-state index contributed by atoms with van der Waals surface area (Å²) in [5.41, 5.74) is 11.6. The van der Waals surface area contributed by atoms with Crippen molar-refractivity contribution in [2.45, 2.75) is 69.8 Å². The zero-order valence-corrected chi connectivity index (χ0v) is 19.4. The van der Waals surface area contributed by atoms with Gasteiger partial charge in [0, 0.05) is 6.42 Å². The van der Waals surface area contributed by atoms with Crippen molar-refractivity contribution in [1.82, 2.24) is 16.0 Å². The highest BCUT2D eigenvalue weighted by atomic mass is 16.4. The van der Waals surface area contributed by atoms with Crippen molar-refractivity contribution in [3.8, 4) is 5.75 Å². The number of aliphatic carboxylic acids is 1. The number of unbranched alkanes of at least 4 members (excludes halogenated alkanes) is 1. The number of benzene rings is 1. The van der Waals surface area contributed by atoms with Gasteiger partial charge in [0.15, 0.2) is 0 Å². The zero-order valence-electron chi connectivity index (χ0n) is 19.4. The van der Waals surface area contributed by atoms with Crippen LogP contribution < -0.4 is 27.4 Å². The molecule has 1 aromatic carbocycles. The first-order valence-corrected chi connectivity index (χ1v) is 11.0. The Balaban J connectivity index is 2.98. The molecule has 0 bridgehead atoms. The van der Waals surface area contributed by atoms with E-state index in [0.717, 1.165) is 0 Å². The summed E-state index contributed by atoms with van der Waals surface area (Å²) in [6.07, 6.45) is -0.135. The van der Waals surface area contributed by atoms with Gasteiger partial charge in [-0.2, -0.15) is 0 Å². The number of rotatable bonds is 14. The van der Waals surface area contributed by atoms with Gasteiger partial charge in [-0.05, 0) is 57.4 Å². The van der Waals surface area contributed by atoms with E-state index in [1.807, 2.05) is 0 Å². The fourth-order valence-corrected chi connectivity index (χ4v) is 3.05. The first kappa shape index (κ1) is 28.8. The summed E-state index contributed by atoms with van der Waals surface area (Å²) in [4.78, 5) is 49.3. The maximum absolute atomic E-state index is 12.9. The molecule has 0 heterocycles. The van der Waals surface area contributed by atoms with Crippen molar-refractivity contribution < 1.29 is 34.5 Å². The van der Waals surface area contributed by atoms with Gasteiger partial charge in [0.1, 0.15) is 23.9 Å². The lowest BCUT2D eigenvalue weighted by atomic mass is 10.0. The quantitative estimate of drug-likeness (QED) is 0.142. The molecule has 5 atom stereocenters. The Morgan fingerprint density at radius 2 is 1.50 bits per heavy atom. The Morgan fingerprint density at radius 1 is 0.912 bits per heavy atom. The lowest BCUT2D eigenvalue weighted by molar-refractivity contribution is -0.142. The average Bonchev–Trinajstić information content (AvgIpc) is 2.76. The molecule has 0 saturated heterocycles. The van der Waals surface area contributed by atoms with Crippen LogP contribution in [0.2, 0.25) is 0 Å². The SMILES string of the molecule is CC(N)C(=O)NC(C(=O)NC(CCCCN)C(=O)NC(Cc1ccc(O)cc1)C(=O)O)C(C)O. The molecule has 10 N–H and O–H groups in total. The van der Waals surface area contributed by atoms with Crippen LogP contribution in [-0.2, 0) is 25.6 Å². The number of carboxylic acids is 1. The maximum atomic E-state index is 12.9. The number of aliphatic hydroxyl groups excluding tert-OH is 1. The molecular formula is C22H35N5O7. The van der Waals surface area contributed by atoms with Crippen LogP contribution in [0.25, 0.3) is 0 Å². The van der Waals surface area contributed by atoms with E-state index in [1.54, 1.807) is 0 Å². The van der Waals surface area contributed by atoms with Gasteiger partial charge in [-0.3, -0.25) is 14.4 Å². The zero-order chi connectivity index (χ0) is 25.8. The summed E-state index contributed by atoms with van der Waals surface area (Å²) in [6, 6.07) is 1.16. The molecule has 0 spiro atoms. The molecule has 5 unspecified atom stereocenters. The topological polar surface area (TPSA) is 217 Å². The highest BCUT2D eigenvalue weighted by Crippen LogP contribution is 2.12. The number of hydrogen-bond acceptors (Lipinski definition) is 8. The predicted octanol–water partition coefficient (Wildman–Crippen LogP) is -1.67. The minimum absolute atomic E-state index is 0.0196. The molecule has 0 aliphatic rings. The number of hydrogen-bond donors (Lipinski definition) is 8. The van der Waals surface area contributed by atoms with E-state index < -0.39 is 54.0 Å². The van der Waals surface area contributed by atoms with E-state index in [9.17, 15) is 34.5 Å². The summed E-state index contributed by atoms with van der Waals surface area (Å²) in [6.45, 7) is 3.07. The van der Waals surface area contributed by atoms with Crippen LogP contribution in [0.5, 0.6) is 5.75 Å². The number of aromatic hydroxyl groups is 1. The molecule has 0 radical (unpaired) electrons. The van der Waals surface area contributed by atoms with Gasteiger partial charge < -0.3 is 42.7 Å². The summed E-state index contributed by atoms with van der Waals surface area (Å²) >= 11 is 0. The summed E-state index contributed by atoms with van der Waals surface area (Å²) in [5.74, 6) is -3.47. The number of carbonyl (C=O) groups is 4. The monoisotopic (exact) mass is 481 g/mol. The molecular weight excluding hydrogens is 446 g/mol. The van der Waals surface area contributed by atoms with Gasteiger partial charge in [-0.15, -0.1) is 0 Å². The number of phenolic OH excluding ortho intramolecular Hbond substituents is 1. The van der Waals surface area contributed by atoms with Crippen molar-refractivity contribution in [3.63, 3.8) is 0 Å². The van der Waals surface area contributed by atoms with Gasteiger partial charge in [0.05, 0.1) is 12.1 Å². The van der Waals surface area contributed by atoms with Crippen LogP contribution >= 0.6 is 0 Å². The van der Waals surface area contributed by atoms with Gasteiger partial charge in [0.2, 0.25) is 17.7 Å². The summed E-state index contributed by atoms with van der Waals surface area (Å²) in [7, 11) is 0. The van der Waals surface area contributed by atoms with Gasteiger partial charge in [0.25, 0.3) is 0 Å². The molecule has 1 rings (SSSR count). The fraction of sp³-hybridized carbons (Fsp3) is 0.545. The number of nitrogens with one attached hydrogen (secondary N) is 3. The largest absolute Gasteiger partial charge is 0.508 e. The van der Waals surface area contributed by atoms with Gasteiger partial charge in [-0.25, -0.2) is 4.79 Å². The van der Waals surface area contributed by atoms with Crippen LogP contribution in [0.4, 0.5) is 0 Å². The average molecular weight is 482 g/mol. The van der Waals surface area contributed by atoms with E-state index in [4.69, 9.17) is 11.5 Å². The molecule has 0 aliphatic heterocycles. The van der Waals surface area contributed by atoms with Crippen LogP contribution in [0.1, 0.15) is 38.7 Å². The maximum Gasteiger partial charge on any atom is 0.326 e. The fourth-order valence-electron chi connectivity index (χ4n) is 3.05. The lowest BCUT2D eigenvalue weighted by Gasteiger charge is -2.26. The minimum atomic E-state index is -1.37. The normalized spacial score (nSPS) is 15.3. The second kappa shape index (κ2) is 14.1. The molecule has 12 heteroatoms. The molecule has 190 valence electrons. The molecule has 0 aromatic heterocycles. The Hall–Kier alpha value is -3.22. The number of nitrogens with two attached hydrogens (primary N) is 2. The van der Waals surface area contributed by atoms with Crippen molar-refractivity contribution in [1.29, 1.82) is 0 Å². The summed E-state index contributed by atoms with van der Waals surface area (Å²) < 4.78 is 0. The Labute approximate surface area is 198 Å². The third-order valence-corrected chi connectivity index (χ3v) is 5.05. The molecule has 3 amide bonds. The number of aliphatic hydroxyl groups is 1. The molecule has 0 fully saturated rings. The first-order chi connectivity index (χ1) is 16.0. The third-order valence-electron chi connectivity index (χ3n) is 5.05. The highest BCUT2D eigenvalue weighted by Gasteiger charge is 2.31. The minimum Gasteiger partial charge on any atom is -0.508 e. The molecule has 1 aromatic rings. The molecule has 34 heavy (non-hydrogen) atoms. The van der Waals surface area contributed by atoms with Crippen molar-refractivity contribution in [2.24, 2.45) is 11.5 Å². The van der Waals surface area contributed by atoms with Crippen LogP contribution in [0.3, 0.4) is 0 Å². The lowest BCUT2D eigenvalue weighted by Crippen LogP contribution is -2.59. The van der Waals surface area contributed by atoms with E-state index >= 15 is 0 Å². The van der Waals surface area contributed by atoms with E-state index in [2.05, 4.69) is 16.0 Å². The molecule has 0 aliphatic carbocycles. The number of amides is 3.